The molecule has 0 saturated heterocycles. The van der Waals surface area contributed by atoms with Crippen LogP contribution in [-0.4, -0.2) is 12.6 Å². The van der Waals surface area contributed by atoms with Gasteiger partial charge in [0.25, 0.3) is 0 Å². The molecule has 2 nitrogen and oxygen atoms in total. The van der Waals surface area contributed by atoms with E-state index in [1.54, 1.807) is 0 Å². The monoisotopic (exact) mass is 294 g/mol. The van der Waals surface area contributed by atoms with Gasteiger partial charge in [0.1, 0.15) is 0 Å². The first-order valence-electron chi connectivity index (χ1n) is 7.91. The SMILES string of the molecule is CCOC(=O)C1[C@H](c2cccc(C)c2)[C@H]1c1cccc(C)c1. The predicted molar refractivity (Wildman–Crippen MR) is 88.0 cm³/mol. The molecule has 2 aromatic rings. The summed E-state index contributed by atoms with van der Waals surface area (Å²) in [7, 11) is 0. The fourth-order valence-corrected chi connectivity index (χ4v) is 3.43. The third kappa shape index (κ3) is 2.78. The molecule has 0 spiro atoms. The van der Waals surface area contributed by atoms with Crippen LogP contribution >= 0.6 is 0 Å². The van der Waals surface area contributed by atoms with Crippen LogP contribution < -0.4 is 0 Å². The molecule has 0 aliphatic heterocycles. The lowest BCUT2D eigenvalue weighted by atomic mass is 10.0. The average molecular weight is 294 g/mol. The van der Waals surface area contributed by atoms with E-state index in [0.717, 1.165) is 0 Å². The molecule has 0 aromatic heterocycles. The maximum absolute atomic E-state index is 12.3. The standard InChI is InChI=1S/C20H22O2/c1-4-22-20(21)19-17(15-9-5-7-13(2)11-15)18(19)16-10-6-8-14(3)12-16/h5-12,17-19H,4H2,1-3H3/t17-,18-/m1/s1. The van der Waals surface area contributed by atoms with E-state index in [9.17, 15) is 4.79 Å². The summed E-state index contributed by atoms with van der Waals surface area (Å²) in [6.45, 7) is 6.49. The summed E-state index contributed by atoms with van der Waals surface area (Å²) in [4.78, 5) is 12.3. The van der Waals surface area contributed by atoms with Gasteiger partial charge in [-0.2, -0.15) is 0 Å². The van der Waals surface area contributed by atoms with E-state index < -0.39 is 0 Å². The number of aryl methyl sites for hydroxylation is 2. The van der Waals surface area contributed by atoms with Crippen LogP contribution in [0.3, 0.4) is 0 Å². The van der Waals surface area contributed by atoms with Crippen molar-refractivity contribution in [1.82, 2.24) is 0 Å². The van der Waals surface area contributed by atoms with Crippen molar-refractivity contribution in [2.45, 2.75) is 32.6 Å². The molecule has 3 rings (SSSR count). The molecule has 1 fully saturated rings. The molecule has 1 aliphatic carbocycles. The van der Waals surface area contributed by atoms with Crippen molar-refractivity contribution in [1.29, 1.82) is 0 Å². The zero-order chi connectivity index (χ0) is 15.7. The molecule has 2 aromatic carbocycles. The van der Waals surface area contributed by atoms with Gasteiger partial charge in [-0.1, -0.05) is 59.7 Å². The second-order valence-electron chi connectivity index (χ2n) is 6.16. The third-order valence-corrected chi connectivity index (χ3v) is 4.43. The fourth-order valence-electron chi connectivity index (χ4n) is 3.43. The highest BCUT2D eigenvalue weighted by molar-refractivity contribution is 5.80. The highest BCUT2D eigenvalue weighted by atomic mass is 16.5. The van der Waals surface area contributed by atoms with Crippen molar-refractivity contribution in [3.05, 3.63) is 70.8 Å². The summed E-state index contributed by atoms with van der Waals surface area (Å²) in [5.41, 5.74) is 4.94. The first-order chi connectivity index (χ1) is 10.6. The van der Waals surface area contributed by atoms with Gasteiger partial charge in [-0.3, -0.25) is 4.79 Å². The quantitative estimate of drug-likeness (QED) is 0.783. The lowest BCUT2D eigenvalue weighted by Crippen LogP contribution is -2.08. The molecule has 2 heteroatoms. The van der Waals surface area contributed by atoms with Gasteiger partial charge in [-0.15, -0.1) is 0 Å². The summed E-state index contributed by atoms with van der Waals surface area (Å²) < 4.78 is 5.29. The maximum Gasteiger partial charge on any atom is 0.310 e. The van der Waals surface area contributed by atoms with Gasteiger partial charge in [0.2, 0.25) is 0 Å². The van der Waals surface area contributed by atoms with Gasteiger partial charge in [0, 0.05) is 11.8 Å². The zero-order valence-electron chi connectivity index (χ0n) is 13.4. The van der Waals surface area contributed by atoms with Crippen molar-refractivity contribution in [3.8, 4) is 0 Å². The van der Waals surface area contributed by atoms with Gasteiger partial charge in [-0.05, 0) is 31.9 Å². The van der Waals surface area contributed by atoms with Crippen molar-refractivity contribution < 1.29 is 9.53 Å². The molecule has 0 amide bonds. The Labute approximate surface area is 132 Å². The molecule has 0 N–H and O–H groups in total. The minimum Gasteiger partial charge on any atom is -0.466 e. The van der Waals surface area contributed by atoms with Crippen LogP contribution in [0.2, 0.25) is 0 Å². The van der Waals surface area contributed by atoms with Gasteiger partial charge in [-0.25, -0.2) is 0 Å². The molecular weight excluding hydrogens is 272 g/mol. The maximum atomic E-state index is 12.3. The Hall–Kier alpha value is -2.09. The molecule has 1 saturated carbocycles. The topological polar surface area (TPSA) is 26.3 Å². The Kier molecular flexibility index (Phi) is 4.02. The van der Waals surface area contributed by atoms with Crippen LogP contribution in [0.15, 0.2) is 48.5 Å². The Bertz CT molecular complexity index is 638. The Morgan fingerprint density at radius 2 is 1.45 bits per heavy atom. The van der Waals surface area contributed by atoms with E-state index in [1.807, 2.05) is 6.92 Å². The van der Waals surface area contributed by atoms with Crippen molar-refractivity contribution in [3.63, 3.8) is 0 Å². The minimum atomic E-state index is -0.0690. The number of benzene rings is 2. The second-order valence-corrected chi connectivity index (χ2v) is 6.16. The molecule has 0 unspecified atom stereocenters. The van der Waals surface area contributed by atoms with Gasteiger partial charge in [0.05, 0.1) is 12.5 Å². The number of ether oxygens (including phenoxy) is 1. The Balaban J connectivity index is 1.94. The van der Waals surface area contributed by atoms with Crippen molar-refractivity contribution in [2.75, 3.05) is 6.61 Å². The number of esters is 1. The van der Waals surface area contributed by atoms with Crippen LogP contribution in [0.4, 0.5) is 0 Å². The van der Waals surface area contributed by atoms with Gasteiger partial charge in [0.15, 0.2) is 0 Å². The number of hydrogen-bond donors (Lipinski definition) is 0. The highest BCUT2D eigenvalue weighted by Crippen LogP contribution is 2.61. The molecular formula is C20H22O2. The minimum absolute atomic E-state index is 0.0523. The molecule has 0 heterocycles. The molecule has 114 valence electrons. The summed E-state index contributed by atoms with van der Waals surface area (Å²) in [6.07, 6.45) is 0. The fraction of sp³-hybridized carbons (Fsp3) is 0.350. The number of hydrogen-bond acceptors (Lipinski definition) is 2. The van der Waals surface area contributed by atoms with E-state index in [4.69, 9.17) is 4.74 Å². The normalized spacial score (nSPS) is 23.1. The molecule has 1 aliphatic rings. The number of rotatable bonds is 4. The second kappa shape index (κ2) is 5.96. The van der Waals surface area contributed by atoms with E-state index in [1.165, 1.54) is 22.3 Å². The molecule has 0 bridgehead atoms. The third-order valence-electron chi connectivity index (χ3n) is 4.43. The molecule has 2 atom stereocenters. The number of carbonyl (C=O) groups excluding carboxylic acids is 1. The van der Waals surface area contributed by atoms with Crippen LogP contribution in [0.5, 0.6) is 0 Å². The van der Waals surface area contributed by atoms with Crippen LogP contribution in [0, 0.1) is 19.8 Å². The first kappa shape index (κ1) is 14.8. The van der Waals surface area contributed by atoms with Gasteiger partial charge < -0.3 is 4.74 Å². The average Bonchev–Trinajstić information content (AvgIpc) is 3.23. The van der Waals surface area contributed by atoms with Crippen LogP contribution in [0.25, 0.3) is 0 Å². The summed E-state index contributed by atoms with van der Waals surface area (Å²) >= 11 is 0. The van der Waals surface area contributed by atoms with Gasteiger partial charge >= 0.3 is 5.97 Å². The largest absolute Gasteiger partial charge is 0.466 e. The molecule has 22 heavy (non-hydrogen) atoms. The zero-order valence-corrected chi connectivity index (χ0v) is 13.4. The van der Waals surface area contributed by atoms with Crippen molar-refractivity contribution >= 4 is 5.97 Å². The van der Waals surface area contributed by atoms with E-state index in [0.29, 0.717) is 6.61 Å². The van der Waals surface area contributed by atoms with Crippen LogP contribution in [-0.2, 0) is 9.53 Å². The van der Waals surface area contributed by atoms with E-state index in [-0.39, 0.29) is 23.7 Å². The predicted octanol–water partition coefficient (Wildman–Crippen LogP) is 4.36. The lowest BCUT2D eigenvalue weighted by Gasteiger charge is -2.03. The lowest BCUT2D eigenvalue weighted by molar-refractivity contribution is -0.144. The summed E-state index contributed by atoms with van der Waals surface area (Å²) in [5, 5.41) is 0. The van der Waals surface area contributed by atoms with Crippen molar-refractivity contribution in [2.24, 2.45) is 5.92 Å². The van der Waals surface area contributed by atoms with E-state index in [2.05, 4.69) is 62.4 Å². The van der Waals surface area contributed by atoms with Crippen LogP contribution in [0.1, 0.15) is 41.0 Å². The number of carbonyl (C=O) groups is 1. The first-order valence-corrected chi connectivity index (χ1v) is 7.91. The Morgan fingerprint density at radius 1 is 0.955 bits per heavy atom. The highest BCUT2D eigenvalue weighted by Gasteiger charge is 2.57. The molecule has 0 radical (unpaired) electrons. The van der Waals surface area contributed by atoms with E-state index >= 15 is 0 Å². The smallest absolute Gasteiger partial charge is 0.310 e. The Morgan fingerprint density at radius 3 is 1.86 bits per heavy atom. The summed E-state index contributed by atoms with van der Waals surface area (Å²) in [5.74, 6) is 0.352. The summed E-state index contributed by atoms with van der Waals surface area (Å²) in [6, 6.07) is 16.9.